The number of alkyl halides is 6. The molecule has 1 N–H and O–H groups in total. The molecule has 0 spiro atoms. The molecular formula is C20H15F6N3O. The van der Waals surface area contributed by atoms with E-state index in [-0.39, 0.29) is 22.4 Å². The van der Waals surface area contributed by atoms with Crippen molar-refractivity contribution < 1.29 is 31.1 Å². The minimum atomic E-state index is -4.84. The molecule has 0 unspecified atom stereocenters. The van der Waals surface area contributed by atoms with Crippen LogP contribution in [0.5, 0.6) is 0 Å². The summed E-state index contributed by atoms with van der Waals surface area (Å²) in [6.45, 7) is 0. The minimum Gasteiger partial charge on any atom is -0.321 e. The Bertz CT molecular complexity index is 1070. The molecule has 0 fully saturated rings. The van der Waals surface area contributed by atoms with Gasteiger partial charge in [-0.15, -0.1) is 0 Å². The number of hydrogen-bond donors (Lipinski definition) is 1. The molecule has 0 aliphatic rings. The Kier molecular flexibility index (Phi) is 5.60. The van der Waals surface area contributed by atoms with Gasteiger partial charge in [0, 0.05) is 24.5 Å². The van der Waals surface area contributed by atoms with Crippen LogP contribution in [0.25, 0.3) is 11.1 Å². The number of para-hydroxylation sites is 1. The van der Waals surface area contributed by atoms with Gasteiger partial charge in [-0.25, -0.2) is 0 Å². The van der Waals surface area contributed by atoms with Crippen molar-refractivity contribution in [2.75, 3.05) is 5.32 Å². The molecule has 0 radical (unpaired) electrons. The van der Waals surface area contributed by atoms with Gasteiger partial charge in [-0.1, -0.05) is 42.5 Å². The first kappa shape index (κ1) is 21.4. The zero-order chi connectivity index (χ0) is 22.1. The predicted molar refractivity (Wildman–Crippen MR) is 97.8 cm³/mol. The fourth-order valence-corrected chi connectivity index (χ4v) is 3.03. The van der Waals surface area contributed by atoms with Gasteiger partial charge in [0.2, 0.25) is 0 Å². The van der Waals surface area contributed by atoms with Gasteiger partial charge in [-0.05, 0) is 17.2 Å². The zero-order valence-electron chi connectivity index (χ0n) is 15.5. The van der Waals surface area contributed by atoms with E-state index >= 15 is 0 Å². The normalized spacial score (nSPS) is 12.1. The molecule has 2 aromatic carbocycles. The van der Waals surface area contributed by atoms with Gasteiger partial charge in [0.05, 0.1) is 12.0 Å². The second-order valence-corrected chi connectivity index (χ2v) is 6.51. The van der Waals surface area contributed by atoms with Crippen LogP contribution >= 0.6 is 0 Å². The second kappa shape index (κ2) is 7.85. The Morgan fingerprint density at radius 1 is 0.967 bits per heavy atom. The maximum atomic E-state index is 13.2. The fourth-order valence-electron chi connectivity index (χ4n) is 3.03. The van der Waals surface area contributed by atoms with E-state index in [0.717, 1.165) is 10.9 Å². The van der Waals surface area contributed by atoms with E-state index in [9.17, 15) is 31.1 Å². The van der Waals surface area contributed by atoms with E-state index in [1.165, 1.54) is 49.5 Å². The molecule has 0 atom stereocenters. The van der Waals surface area contributed by atoms with Crippen LogP contribution in [0, 0.1) is 0 Å². The average molecular weight is 427 g/mol. The Morgan fingerprint density at radius 3 is 2.20 bits per heavy atom. The number of carbonyl (C=O) groups is 1. The van der Waals surface area contributed by atoms with Crippen molar-refractivity contribution in [3.05, 3.63) is 71.5 Å². The van der Waals surface area contributed by atoms with Crippen molar-refractivity contribution in [3.8, 4) is 11.1 Å². The standard InChI is InChI=1S/C20H15F6N3O/c1-29-11-15(17(28-29)20(24,25)26)18(30)27-16-9-5-4-8-14(16)13-7-3-2-6-12(13)10-19(21,22)23/h2-9,11H,10H2,1H3,(H,27,30). The topological polar surface area (TPSA) is 46.9 Å². The van der Waals surface area contributed by atoms with E-state index in [1.807, 2.05) is 0 Å². The van der Waals surface area contributed by atoms with Crippen LogP contribution in [0.15, 0.2) is 54.7 Å². The lowest BCUT2D eigenvalue weighted by atomic mass is 9.96. The lowest BCUT2D eigenvalue weighted by Gasteiger charge is -2.16. The van der Waals surface area contributed by atoms with Crippen LogP contribution in [-0.2, 0) is 19.6 Å². The van der Waals surface area contributed by atoms with Gasteiger partial charge in [-0.3, -0.25) is 9.48 Å². The van der Waals surface area contributed by atoms with Gasteiger partial charge in [0.1, 0.15) is 0 Å². The molecule has 3 rings (SSSR count). The molecule has 1 amide bonds. The van der Waals surface area contributed by atoms with Crippen LogP contribution in [0.3, 0.4) is 0 Å². The molecule has 4 nitrogen and oxygen atoms in total. The Balaban J connectivity index is 2.00. The molecule has 0 saturated heterocycles. The smallest absolute Gasteiger partial charge is 0.321 e. The number of halogens is 6. The van der Waals surface area contributed by atoms with E-state index < -0.39 is 35.9 Å². The fraction of sp³-hybridized carbons (Fsp3) is 0.200. The molecular weight excluding hydrogens is 412 g/mol. The third kappa shape index (κ3) is 4.81. The van der Waals surface area contributed by atoms with Gasteiger partial charge in [-0.2, -0.15) is 31.4 Å². The first-order chi connectivity index (χ1) is 14.0. The van der Waals surface area contributed by atoms with Crippen molar-refractivity contribution in [2.24, 2.45) is 7.05 Å². The number of benzene rings is 2. The van der Waals surface area contributed by atoms with Crippen LogP contribution in [0.2, 0.25) is 0 Å². The van der Waals surface area contributed by atoms with Crippen molar-refractivity contribution in [1.82, 2.24) is 9.78 Å². The number of carbonyl (C=O) groups excluding carboxylic acids is 1. The van der Waals surface area contributed by atoms with Gasteiger partial charge < -0.3 is 5.32 Å². The Labute approximate surface area is 167 Å². The van der Waals surface area contributed by atoms with Crippen LogP contribution < -0.4 is 5.32 Å². The Hall–Kier alpha value is -3.30. The first-order valence-electron chi connectivity index (χ1n) is 8.62. The molecule has 10 heteroatoms. The average Bonchev–Trinajstić information content (AvgIpc) is 3.04. The summed E-state index contributed by atoms with van der Waals surface area (Å²) in [7, 11) is 1.24. The maximum Gasteiger partial charge on any atom is 0.435 e. The largest absolute Gasteiger partial charge is 0.435 e. The van der Waals surface area contributed by atoms with Crippen molar-refractivity contribution in [2.45, 2.75) is 18.8 Å². The summed E-state index contributed by atoms with van der Waals surface area (Å²) in [5.41, 5.74) is -1.52. The summed E-state index contributed by atoms with van der Waals surface area (Å²) >= 11 is 0. The van der Waals surface area contributed by atoms with E-state index in [0.29, 0.717) is 0 Å². The van der Waals surface area contributed by atoms with E-state index in [2.05, 4.69) is 10.4 Å². The number of hydrogen-bond acceptors (Lipinski definition) is 2. The summed E-state index contributed by atoms with van der Waals surface area (Å²) < 4.78 is 79.1. The number of aromatic nitrogens is 2. The molecule has 158 valence electrons. The Morgan fingerprint density at radius 2 is 1.57 bits per heavy atom. The van der Waals surface area contributed by atoms with Crippen LogP contribution in [0.1, 0.15) is 21.6 Å². The molecule has 0 aliphatic carbocycles. The zero-order valence-corrected chi connectivity index (χ0v) is 15.5. The number of nitrogens with zero attached hydrogens (tertiary/aromatic N) is 2. The van der Waals surface area contributed by atoms with Gasteiger partial charge in [0.25, 0.3) is 5.91 Å². The highest BCUT2D eigenvalue weighted by Crippen LogP contribution is 2.35. The highest BCUT2D eigenvalue weighted by atomic mass is 19.4. The third-order valence-corrected chi connectivity index (χ3v) is 4.22. The van der Waals surface area contributed by atoms with E-state index in [1.54, 1.807) is 6.07 Å². The molecule has 1 aromatic heterocycles. The summed E-state index contributed by atoms with van der Waals surface area (Å²) in [6, 6.07) is 11.7. The minimum absolute atomic E-state index is 0.0240. The molecule has 0 saturated carbocycles. The summed E-state index contributed by atoms with van der Waals surface area (Å²) in [6.07, 6.45) is -9.55. The van der Waals surface area contributed by atoms with Gasteiger partial charge in [0.15, 0.2) is 5.69 Å². The predicted octanol–water partition coefficient (Wildman–Crippen LogP) is 5.46. The highest BCUT2D eigenvalue weighted by Gasteiger charge is 2.39. The summed E-state index contributed by atoms with van der Waals surface area (Å²) in [4.78, 5) is 12.5. The first-order valence-corrected chi connectivity index (χ1v) is 8.62. The van der Waals surface area contributed by atoms with Crippen LogP contribution in [-0.4, -0.2) is 21.9 Å². The highest BCUT2D eigenvalue weighted by molar-refractivity contribution is 6.07. The molecule has 1 heterocycles. The van der Waals surface area contributed by atoms with Crippen molar-refractivity contribution in [1.29, 1.82) is 0 Å². The van der Waals surface area contributed by atoms with Gasteiger partial charge >= 0.3 is 12.4 Å². The number of rotatable bonds is 4. The van der Waals surface area contributed by atoms with Crippen molar-refractivity contribution in [3.63, 3.8) is 0 Å². The molecule has 30 heavy (non-hydrogen) atoms. The number of aryl methyl sites for hydroxylation is 1. The molecule has 0 bridgehead atoms. The monoisotopic (exact) mass is 427 g/mol. The lowest BCUT2D eigenvalue weighted by Crippen LogP contribution is -2.18. The quantitative estimate of drug-likeness (QED) is 0.562. The number of nitrogens with one attached hydrogen (secondary N) is 1. The second-order valence-electron chi connectivity index (χ2n) is 6.51. The molecule has 0 aliphatic heterocycles. The summed E-state index contributed by atoms with van der Waals surface area (Å²) in [5.74, 6) is -1.07. The third-order valence-electron chi connectivity index (χ3n) is 4.22. The lowest BCUT2D eigenvalue weighted by molar-refractivity contribution is -0.141. The van der Waals surface area contributed by atoms with Crippen molar-refractivity contribution >= 4 is 11.6 Å². The number of anilines is 1. The van der Waals surface area contributed by atoms with E-state index in [4.69, 9.17) is 0 Å². The SMILES string of the molecule is Cn1cc(C(=O)Nc2ccccc2-c2ccccc2CC(F)(F)F)c(C(F)(F)F)n1. The molecule has 3 aromatic rings. The van der Waals surface area contributed by atoms with Crippen LogP contribution in [0.4, 0.5) is 32.0 Å². The summed E-state index contributed by atoms with van der Waals surface area (Å²) in [5, 5.41) is 5.65. The number of amides is 1. The maximum absolute atomic E-state index is 13.2.